The maximum Gasteiger partial charge on any atom is 0.294 e. The Balaban J connectivity index is 0.000000557. The van der Waals surface area contributed by atoms with E-state index in [1.807, 2.05) is 0 Å². The van der Waals surface area contributed by atoms with Gasteiger partial charge in [-0.3, -0.25) is 4.55 Å². The summed E-state index contributed by atoms with van der Waals surface area (Å²) >= 11 is 3.83. The predicted octanol–water partition coefficient (Wildman–Crippen LogP) is 1.14. The molecule has 0 atom stereocenters. The molecule has 1 aromatic carbocycles. The van der Waals surface area contributed by atoms with Crippen molar-refractivity contribution in [1.82, 2.24) is 0 Å². The Morgan fingerprint density at radius 2 is 1.82 bits per heavy atom. The fraction of sp³-hybridized carbons (Fsp3) is 0.111. The SMILES string of the molecule is C=CCc1ccccc1S(=O)(=O)O.O[PH](O)=S. The van der Waals surface area contributed by atoms with Crippen LogP contribution in [0, 0.1) is 0 Å². The van der Waals surface area contributed by atoms with Crippen molar-refractivity contribution >= 4 is 29.1 Å². The molecule has 0 heterocycles. The van der Waals surface area contributed by atoms with Crippen LogP contribution < -0.4 is 0 Å². The molecule has 17 heavy (non-hydrogen) atoms. The average Bonchev–Trinajstić information content (AvgIpc) is 2.16. The molecule has 8 heteroatoms. The molecule has 0 unspecified atom stereocenters. The lowest BCUT2D eigenvalue weighted by molar-refractivity contribution is 0.482. The predicted molar refractivity (Wildman–Crippen MR) is 70.3 cm³/mol. The highest BCUT2D eigenvalue weighted by atomic mass is 32.4. The molecule has 96 valence electrons. The second kappa shape index (κ2) is 7.71. The topological polar surface area (TPSA) is 94.8 Å². The van der Waals surface area contributed by atoms with Crippen LogP contribution >= 0.6 is 7.15 Å². The van der Waals surface area contributed by atoms with Gasteiger partial charge in [0.15, 0.2) is 7.15 Å². The third kappa shape index (κ3) is 7.38. The van der Waals surface area contributed by atoms with Crippen LogP contribution in [0.25, 0.3) is 0 Å². The summed E-state index contributed by atoms with van der Waals surface area (Å²) in [7, 11) is -6.40. The number of hydrogen-bond acceptors (Lipinski definition) is 3. The van der Waals surface area contributed by atoms with Crippen molar-refractivity contribution in [2.75, 3.05) is 0 Å². The highest BCUT2D eigenvalue weighted by molar-refractivity contribution is 7.99. The molecule has 0 saturated heterocycles. The van der Waals surface area contributed by atoms with E-state index in [0.717, 1.165) is 0 Å². The van der Waals surface area contributed by atoms with Crippen molar-refractivity contribution in [2.45, 2.75) is 11.3 Å². The van der Waals surface area contributed by atoms with Gasteiger partial charge in [-0.2, -0.15) is 8.42 Å². The molecule has 0 aliphatic rings. The summed E-state index contributed by atoms with van der Waals surface area (Å²) in [4.78, 5) is 15.0. The summed E-state index contributed by atoms with van der Waals surface area (Å²) in [6.45, 7) is 3.50. The van der Waals surface area contributed by atoms with Gasteiger partial charge in [0.05, 0.1) is 4.90 Å². The van der Waals surface area contributed by atoms with E-state index in [2.05, 4.69) is 18.4 Å². The van der Waals surface area contributed by atoms with Gasteiger partial charge in [-0.05, 0) is 29.9 Å². The maximum atomic E-state index is 10.8. The van der Waals surface area contributed by atoms with Crippen molar-refractivity contribution < 1.29 is 22.8 Å². The van der Waals surface area contributed by atoms with Gasteiger partial charge in [0.25, 0.3) is 10.1 Å². The molecule has 5 nitrogen and oxygen atoms in total. The van der Waals surface area contributed by atoms with Crippen molar-refractivity contribution in [3.63, 3.8) is 0 Å². The molecule has 0 fully saturated rings. The maximum absolute atomic E-state index is 10.8. The zero-order chi connectivity index (χ0) is 13.5. The standard InChI is InChI=1S/C9H10O3S.H3O2PS/c1-2-5-8-6-3-4-7-9(8)13(10,11)12;1-3(2)4/h2-4,6-7H,1,5H2,(H,10,11,12);3H,(H2,1,2,4). The molecule has 0 radical (unpaired) electrons. The molecule has 3 N–H and O–H groups in total. The Bertz CT molecular complexity index is 494. The third-order valence-corrected chi connectivity index (χ3v) is 2.57. The Morgan fingerprint density at radius 1 is 1.35 bits per heavy atom. The van der Waals surface area contributed by atoms with E-state index < -0.39 is 17.3 Å². The molecule has 0 aliphatic heterocycles. The van der Waals surface area contributed by atoms with Crippen LogP contribution in [0.5, 0.6) is 0 Å². The van der Waals surface area contributed by atoms with E-state index >= 15 is 0 Å². The van der Waals surface area contributed by atoms with Gasteiger partial charge in [0, 0.05) is 0 Å². The largest absolute Gasteiger partial charge is 0.347 e. The van der Waals surface area contributed by atoms with Gasteiger partial charge >= 0.3 is 0 Å². The first-order chi connectivity index (χ1) is 7.79. The van der Waals surface area contributed by atoms with Gasteiger partial charge < -0.3 is 9.79 Å². The monoisotopic (exact) mass is 296 g/mol. The molecule has 0 aromatic heterocycles. The van der Waals surface area contributed by atoms with Crippen molar-refractivity contribution in [3.8, 4) is 0 Å². The van der Waals surface area contributed by atoms with E-state index in [0.29, 0.717) is 12.0 Å². The number of benzene rings is 1. The molecule has 0 amide bonds. The Morgan fingerprint density at radius 3 is 2.24 bits per heavy atom. The second-order valence-electron chi connectivity index (χ2n) is 2.86. The van der Waals surface area contributed by atoms with E-state index in [9.17, 15) is 8.42 Å². The van der Waals surface area contributed by atoms with Gasteiger partial charge in [0.1, 0.15) is 0 Å². The molecule has 1 rings (SSSR count). The molecule has 0 saturated carbocycles. The lowest BCUT2D eigenvalue weighted by Gasteiger charge is -2.02. The molecule has 0 spiro atoms. The number of hydrogen-bond donors (Lipinski definition) is 3. The van der Waals surface area contributed by atoms with E-state index in [1.54, 1.807) is 24.3 Å². The lowest BCUT2D eigenvalue weighted by Crippen LogP contribution is -2.02. The van der Waals surface area contributed by atoms with Gasteiger partial charge in [-0.1, -0.05) is 24.3 Å². The highest BCUT2D eigenvalue weighted by Gasteiger charge is 2.12. The highest BCUT2D eigenvalue weighted by Crippen LogP contribution is 2.15. The Hall–Kier alpha value is -0.560. The first-order valence-electron chi connectivity index (χ1n) is 4.37. The minimum Gasteiger partial charge on any atom is -0.347 e. The average molecular weight is 296 g/mol. The van der Waals surface area contributed by atoms with Crippen LogP contribution in [0.2, 0.25) is 0 Å². The number of allylic oxidation sites excluding steroid dienone is 1. The minimum absolute atomic E-state index is 0.0464. The summed E-state index contributed by atoms with van der Waals surface area (Å²) in [6.07, 6.45) is 2.01. The second-order valence-corrected chi connectivity index (χ2v) is 5.91. The fourth-order valence-corrected chi connectivity index (χ4v) is 1.81. The zero-order valence-corrected chi connectivity index (χ0v) is 11.4. The first kappa shape index (κ1) is 16.4. The molecule has 1 aromatic rings. The van der Waals surface area contributed by atoms with Crippen LogP contribution in [0.4, 0.5) is 0 Å². The quantitative estimate of drug-likeness (QED) is 0.440. The van der Waals surface area contributed by atoms with E-state index in [4.69, 9.17) is 14.3 Å². The molecular formula is C9H13O5PS2. The summed E-state index contributed by atoms with van der Waals surface area (Å²) in [5.41, 5.74) is 0.556. The smallest absolute Gasteiger partial charge is 0.294 e. The van der Waals surface area contributed by atoms with Crippen LogP contribution in [-0.4, -0.2) is 22.8 Å². The normalized spacial score (nSPS) is 10.6. The van der Waals surface area contributed by atoms with E-state index in [1.165, 1.54) is 6.07 Å². The first-order valence-corrected chi connectivity index (χ1v) is 8.34. The number of rotatable bonds is 3. The van der Waals surface area contributed by atoms with Crippen molar-refractivity contribution in [2.24, 2.45) is 0 Å². The summed E-state index contributed by atoms with van der Waals surface area (Å²) < 4.78 is 30.5. The molecular weight excluding hydrogens is 283 g/mol. The van der Waals surface area contributed by atoms with Crippen molar-refractivity contribution in [3.05, 3.63) is 42.5 Å². The summed E-state index contributed by atoms with van der Waals surface area (Å²) in [6, 6.07) is 6.29. The van der Waals surface area contributed by atoms with Crippen LogP contribution in [0.15, 0.2) is 41.8 Å². The zero-order valence-electron chi connectivity index (χ0n) is 8.78. The van der Waals surface area contributed by atoms with Crippen LogP contribution in [0.3, 0.4) is 0 Å². The van der Waals surface area contributed by atoms with Gasteiger partial charge in [0.2, 0.25) is 0 Å². The summed E-state index contributed by atoms with van der Waals surface area (Å²) in [5, 5.41) is 0. The molecule has 0 bridgehead atoms. The molecule has 0 aliphatic carbocycles. The lowest BCUT2D eigenvalue weighted by atomic mass is 10.1. The van der Waals surface area contributed by atoms with Crippen LogP contribution in [-0.2, 0) is 28.3 Å². The third-order valence-electron chi connectivity index (χ3n) is 1.61. The van der Waals surface area contributed by atoms with E-state index in [-0.39, 0.29) is 4.90 Å². The Kier molecular flexibility index (Phi) is 7.45. The van der Waals surface area contributed by atoms with Gasteiger partial charge in [-0.15, -0.1) is 6.58 Å². The minimum atomic E-state index is -4.10. The summed E-state index contributed by atoms with van der Waals surface area (Å²) in [5.74, 6) is 0. The fourth-order valence-electron chi connectivity index (χ4n) is 1.08. The van der Waals surface area contributed by atoms with Crippen molar-refractivity contribution in [1.29, 1.82) is 0 Å². The van der Waals surface area contributed by atoms with Gasteiger partial charge in [-0.25, -0.2) is 0 Å². The van der Waals surface area contributed by atoms with Crippen LogP contribution in [0.1, 0.15) is 5.56 Å². The Labute approximate surface area is 106 Å².